The molecule has 6 nitrogen and oxygen atoms in total. The molecule has 0 amide bonds. The van der Waals surface area contributed by atoms with Gasteiger partial charge < -0.3 is 19.9 Å². The predicted octanol–water partition coefficient (Wildman–Crippen LogP) is 3.41. The van der Waals surface area contributed by atoms with Gasteiger partial charge in [0, 0.05) is 11.5 Å². The number of aliphatic hydroxyl groups excluding tert-OH is 1. The van der Waals surface area contributed by atoms with Crippen LogP contribution in [0.5, 0.6) is 11.5 Å². The molecule has 2 aromatic carbocycles. The molecule has 0 saturated carbocycles. The number of anilines is 2. The van der Waals surface area contributed by atoms with Crippen molar-refractivity contribution in [3.05, 3.63) is 46.9 Å². The van der Waals surface area contributed by atoms with Crippen LogP contribution in [0.2, 0.25) is 0 Å². The molecule has 1 unspecified atom stereocenters. The number of benzene rings is 2. The van der Waals surface area contributed by atoms with E-state index in [2.05, 4.69) is 31.2 Å². The van der Waals surface area contributed by atoms with Gasteiger partial charge in [-0.15, -0.1) is 0 Å². The SMILES string of the molecule is OCC1COc2cc3c(Nc4cccc(Br)c4F)ncnc3cc2O1. The maximum atomic E-state index is 14.2. The first-order chi connectivity index (χ1) is 12.2. The van der Waals surface area contributed by atoms with Gasteiger partial charge in [-0.05, 0) is 34.1 Å². The average Bonchev–Trinajstić information content (AvgIpc) is 2.63. The topological polar surface area (TPSA) is 76.5 Å². The molecule has 2 heterocycles. The lowest BCUT2D eigenvalue weighted by Crippen LogP contribution is -2.32. The van der Waals surface area contributed by atoms with Crippen LogP contribution in [0.4, 0.5) is 15.9 Å². The van der Waals surface area contributed by atoms with Crippen LogP contribution in [0.25, 0.3) is 10.9 Å². The lowest BCUT2D eigenvalue weighted by molar-refractivity contribution is 0.0459. The molecule has 3 aromatic rings. The second-order valence-electron chi connectivity index (χ2n) is 5.50. The van der Waals surface area contributed by atoms with Crippen molar-refractivity contribution in [2.24, 2.45) is 0 Å². The summed E-state index contributed by atoms with van der Waals surface area (Å²) in [5.41, 5.74) is 0.915. The zero-order valence-electron chi connectivity index (χ0n) is 12.9. The van der Waals surface area contributed by atoms with Gasteiger partial charge in [-0.2, -0.15) is 0 Å². The molecule has 1 aromatic heterocycles. The standard InChI is InChI=1S/C17H13BrFN3O3/c18-11-2-1-3-12(16(11)19)22-17-10-4-14-15(5-13(10)20-8-21-17)25-9(6-23)7-24-14/h1-5,8-9,23H,6-7H2,(H,20,21,22). The van der Waals surface area contributed by atoms with E-state index in [1.807, 2.05) is 0 Å². The van der Waals surface area contributed by atoms with Gasteiger partial charge in [0.05, 0.1) is 22.3 Å². The van der Waals surface area contributed by atoms with E-state index in [9.17, 15) is 9.50 Å². The number of halogens is 2. The molecule has 0 spiro atoms. The molecule has 1 aliphatic rings. The minimum atomic E-state index is -0.405. The molecule has 25 heavy (non-hydrogen) atoms. The highest BCUT2D eigenvalue weighted by Crippen LogP contribution is 2.37. The van der Waals surface area contributed by atoms with Crippen LogP contribution >= 0.6 is 15.9 Å². The Morgan fingerprint density at radius 2 is 2.16 bits per heavy atom. The summed E-state index contributed by atoms with van der Waals surface area (Å²) in [6.45, 7) is 0.127. The van der Waals surface area contributed by atoms with Gasteiger partial charge in [-0.25, -0.2) is 14.4 Å². The van der Waals surface area contributed by atoms with Gasteiger partial charge >= 0.3 is 0 Å². The van der Waals surface area contributed by atoms with E-state index in [1.165, 1.54) is 6.33 Å². The summed E-state index contributed by atoms with van der Waals surface area (Å²) in [6, 6.07) is 8.44. The summed E-state index contributed by atoms with van der Waals surface area (Å²) < 4.78 is 25.9. The van der Waals surface area contributed by atoms with Crippen LogP contribution in [-0.4, -0.2) is 34.4 Å². The minimum Gasteiger partial charge on any atom is -0.486 e. The molecule has 8 heteroatoms. The molecule has 1 aliphatic heterocycles. The van der Waals surface area contributed by atoms with E-state index in [0.29, 0.717) is 38.4 Å². The van der Waals surface area contributed by atoms with E-state index in [0.717, 1.165) is 0 Å². The number of fused-ring (bicyclic) bond motifs is 2. The number of nitrogens with one attached hydrogen (secondary N) is 1. The van der Waals surface area contributed by atoms with E-state index >= 15 is 0 Å². The van der Waals surface area contributed by atoms with Crippen molar-refractivity contribution in [1.29, 1.82) is 0 Å². The monoisotopic (exact) mass is 405 g/mol. The Kier molecular flexibility index (Phi) is 4.14. The van der Waals surface area contributed by atoms with Crippen LogP contribution in [0.3, 0.4) is 0 Å². The molecule has 4 rings (SSSR count). The third kappa shape index (κ3) is 2.98. The maximum absolute atomic E-state index is 14.2. The molecule has 1 atom stereocenters. The van der Waals surface area contributed by atoms with E-state index in [4.69, 9.17) is 9.47 Å². The molecule has 2 N–H and O–H groups in total. The fraction of sp³-hybridized carbons (Fsp3) is 0.176. The summed E-state index contributed by atoms with van der Waals surface area (Å²) in [5.74, 6) is 1.09. The highest BCUT2D eigenvalue weighted by Gasteiger charge is 2.22. The first kappa shape index (κ1) is 16.0. The van der Waals surface area contributed by atoms with Crippen LogP contribution < -0.4 is 14.8 Å². The first-order valence-electron chi connectivity index (χ1n) is 7.56. The van der Waals surface area contributed by atoms with Gasteiger partial charge in [-0.3, -0.25) is 0 Å². The van der Waals surface area contributed by atoms with Gasteiger partial charge in [0.1, 0.15) is 18.8 Å². The number of hydrogen-bond donors (Lipinski definition) is 2. The predicted molar refractivity (Wildman–Crippen MR) is 93.9 cm³/mol. The highest BCUT2D eigenvalue weighted by molar-refractivity contribution is 9.10. The van der Waals surface area contributed by atoms with Gasteiger partial charge in [-0.1, -0.05) is 6.07 Å². The summed E-state index contributed by atoms with van der Waals surface area (Å²) in [6.07, 6.45) is 0.986. The number of rotatable bonds is 3. The van der Waals surface area contributed by atoms with Crippen molar-refractivity contribution in [2.45, 2.75) is 6.10 Å². The highest BCUT2D eigenvalue weighted by atomic mass is 79.9. The number of nitrogens with zero attached hydrogens (tertiary/aromatic N) is 2. The van der Waals surface area contributed by atoms with E-state index in [-0.39, 0.29) is 13.2 Å². The molecular formula is C17H13BrFN3O3. The smallest absolute Gasteiger partial charge is 0.164 e. The molecule has 0 bridgehead atoms. The molecular weight excluding hydrogens is 393 g/mol. The van der Waals surface area contributed by atoms with Crippen LogP contribution in [0, 0.1) is 5.82 Å². The van der Waals surface area contributed by atoms with E-state index < -0.39 is 11.9 Å². The number of ether oxygens (including phenoxy) is 2. The molecule has 0 radical (unpaired) electrons. The van der Waals surface area contributed by atoms with Crippen molar-refractivity contribution >= 4 is 38.3 Å². The van der Waals surface area contributed by atoms with E-state index in [1.54, 1.807) is 30.3 Å². The zero-order chi connectivity index (χ0) is 17.4. The second-order valence-corrected chi connectivity index (χ2v) is 6.35. The summed E-state index contributed by atoms with van der Waals surface area (Å²) in [5, 5.41) is 12.9. The Balaban J connectivity index is 1.76. The van der Waals surface area contributed by atoms with Gasteiger partial charge in [0.15, 0.2) is 23.4 Å². The fourth-order valence-corrected chi connectivity index (χ4v) is 2.95. The molecule has 0 saturated heterocycles. The Morgan fingerprint density at radius 3 is 3.00 bits per heavy atom. The molecule has 0 fully saturated rings. The molecule has 0 aliphatic carbocycles. The van der Waals surface area contributed by atoms with Crippen molar-refractivity contribution in [1.82, 2.24) is 9.97 Å². The third-order valence-corrected chi connectivity index (χ3v) is 4.44. The quantitative estimate of drug-likeness (QED) is 0.695. The van der Waals surface area contributed by atoms with Crippen molar-refractivity contribution in [2.75, 3.05) is 18.5 Å². The lowest BCUT2D eigenvalue weighted by Gasteiger charge is -2.25. The van der Waals surface area contributed by atoms with Crippen molar-refractivity contribution < 1.29 is 19.0 Å². The van der Waals surface area contributed by atoms with Crippen LogP contribution in [0.15, 0.2) is 41.1 Å². The number of aliphatic hydroxyl groups is 1. The number of aromatic nitrogens is 2. The largest absolute Gasteiger partial charge is 0.486 e. The first-order valence-corrected chi connectivity index (χ1v) is 8.35. The zero-order valence-corrected chi connectivity index (χ0v) is 14.5. The Labute approximate surface area is 150 Å². The van der Waals surface area contributed by atoms with Crippen LogP contribution in [0.1, 0.15) is 0 Å². The summed E-state index contributed by atoms with van der Waals surface area (Å²) in [4.78, 5) is 8.44. The average molecular weight is 406 g/mol. The normalized spacial score (nSPS) is 16.0. The number of hydrogen-bond acceptors (Lipinski definition) is 6. The van der Waals surface area contributed by atoms with Crippen molar-refractivity contribution in [3.63, 3.8) is 0 Å². The summed E-state index contributed by atoms with van der Waals surface area (Å²) in [7, 11) is 0. The van der Waals surface area contributed by atoms with Crippen molar-refractivity contribution in [3.8, 4) is 11.5 Å². The second kappa shape index (κ2) is 6.45. The minimum absolute atomic E-state index is 0.129. The molecule has 128 valence electrons. The fourth-order valence-electron chi connectivity index (χ4n) is 2.58. The Hall–Kier alpha value is -2.45. The summed E-state index contributed by atoms with van der Waals surface area (Å²) >= 11 is 3.17. The Morgan fingerprint density at radius 1 is 1.28 bits per heavy atom. The third-order valence-electron chi connectivity index (χ3n) is 3.83. The maximum Gasteiger partial charge on any atom is 0.164 e. The van der Waals surface area contributed by atoms with Gasteiger partial charge in [0.2, 0.25) is 0 Å². The lowest BCUT2D eigenvalue weighted by atomic mass is 10.2. The van der Waals surface area contributed by atoms with Gasteiger partial charge in [0.25, 0.3) is 0 Å². The van der Waals surface area contributed by atoms with Crippen LogP contribution in [-0.2, 0) is 0 Å². The Bertz CT molecular complexity index is 954.